The van der Waals surface area contributed by atoms with Crippen LogP contribution in [0.5, 0.6) is 0 Å². The van der Waals surface area contributed by atoms with Crippen LogP contribution in [-0.4, -0.2) is 21.9 Å². The van der Waals surface area contributed by atoms with Crippen LogP contribution in [0.25, 0.3) is 11.4 Å². The minimum absolute atomic E-state index is 0.0606. The van der Waals surface area contributed by atoms with E-state index in [-0.39, 0.29) is 18.8 Å². The molecule has 0 fully saturated rings. The number of nitrogens with one attached hydrogen (secondary N) is 1. The van der Waals surface area contributed by atoms with E-state index in [4.69, 9.17) is 4.74 Å². The monoisotopic (exact) mass is 363 g/mol. The summed E-state index contributed by atoms with van der Waals surface area (Å²) < 4.78 is 6.31. The highest BCUT2D eigenvalue weighted by atomic mass is 16.5. The molecule has 27 heavy (non-hydrogen) atoms. The molecule has 0 aliphatic carbocycles. The molecule has 0 spiro atoms. The van der Waals surface area contributed by atoms with Gasteiger partial charge in [0, 0.05) is 5.56 Å². The van der Waals surface area contributed by atoms with Gasteiger partial charge in [0.15, 0.2) is 0 Å². The first kappa shape index (κ1) is 18.1. The quantitative estimate of drug-likeness (QED) is 0.680. The third kappa shape index (κ3) is 4.46. The van der Waals surface area contributed by atoms with E-state index in [1.165, 1.54) is 10.8 Å². The Bertz CT molecular complexity index is 985. The summed E-state index contributed by atoms with van der Waals surface area (Å²) in [6.07, 6.45) is 1.09. The van der Waals surface area contributed by atoms with Crippen molar-refractivity contribution in [3.8, 4) is 11.4 Å². The maximum absolute atomic E-state index is 12.7. The third-order valence-corrected chi connectivity index (χ3v) is 3.79. The molecule has 0 saturated carbocycles. The van der Waals surface area contributed by atoms with E-state index in [2.05, 4.69) is 10.3 Å². The minimum Gasteiger partial charge on any atom is -0.444 e. The van der Waals surface area contributed by atoms with Crippen molar-refractivity contribution in [1.29, 1.82) is 0 Å². The predicted octanol–water partition coefficient (Wildman–Crippen LogP) is 2.86. The molecular formula is C20H17N3O4. The number of aromatic nitrogens is 2. The summed E-state index contributed by atoms with van der Waals surface area (Å²) in [5, 5.41) is 2.39. The first-order chi connectivity index (χ1) is 13.2. The summed E-state index contributed by atoms with van der Waals surface area (Å²) in [4.78, 5) is 39.9. The highest BCUT2D eigenvalue weighted by Crippen LogP contribution is 2.16. The maximum Gasteiger partial charge on any atom is 0.412 e. The van der Waals surface area contributed by atoms with Crippen LogP contribution in [-0.2, 0) is 22.7 Å². The lowest BCUT2D eigenvalue weighted by Crippen LogP contribution is -2.28. The summed E-state index contributed by atoms with van der Waals surface area (Å²) in [5.41, 5.74) is 0.917. The maximum atomic E-state index is 12.7. The summed E-state index contributed by atoms with van der Waals surface area (Å²) in [7, 11) is 0. The van der Waals surface area contributed by atoms with Crippen molar-refractivity contribution in [2.24, 2.45) is 0 Å². The van der Waals surface area contributed by atoms with Crippen molar-refractivity contribution in [2.45, 2.75) is 13.2 Å². The molecule has 0 bridgehead atoms. The molecule has 0 atom stereocenters. The minimum atomic E-state index is -0.775. The molecule has 7 nitrogen and oxygen atoms in total. The molecule has 0 unspecified atom stereocenters. The Kier molecular flexibility index (Phi) is 5.73. The van der Waals surface area contributed by atoms with Gasteiger partial charge in [-0.05, 0) is 5.56 Å². The molecule has 1 N–H and O–H groups in total. The number of ether oxygens (including phenoxy) is 1. The fraction of sp³-hybridized carbons (Fsp3) is 0.100. The van der Waals surface area contributed by atoms with E-state index < -0.39 is 11.7 Å². The van der Waals surface area contributed by atoms with Crippen LogP contribution in [0.2, 0.25) is 0 Å². The Morgan fingerprint density at radius 3 is 2.41 bits per heavy atom. The first-order valence-corrected chi connectivity index (χ1v) is 8.25. The second-order valence-electron chi connectivity index (χ2n) is 5.63. The number of amides is 1. The third-order valence-electron chi connectivity index (χ3n) is 3.79. The molecule has 1 heterocycles. The van der Waals surface area contributed by atoms with Gasteiger partial charge in [-0.15, -0.1) is 0 Å². The molecule has 7 heteroatoms. The van der Waals surface area contributed by atoms with Crippen LogP contribution in [0.1, 0.15) is 5.56 Å². The van der Waals surface area contributed by atoms with Gasteiger partial charge in [-0.3, -0.25) is 14.7 Å². The van der Waals surface area contributed by atoms with Crippen molar-refractivity contribution in [1.82, 2.24) is 9.55 Å². The Balaban J connectivity index is 1.80. The van der Waals surface area contributed by atoms with E-state index >= 15 is 0 Å². The Hall–Kier alpha value is -3.74. The molecule has 0 radical (unpaired) electrons. The van der Waals surface area contributed by atoms with Gasteiger partial charge in [0.25, 0.3) is 5.56 Å². The number of aldehydes is 1. The zero-order chi connectivity index (χ0) is 19.1. The SMILES string of the molecule is O=CCn1c(-c2ccccc2)ncc(NC(=O)OCc2ccccc2)c1=O. The van der Waals surface area contributed by atoms with Gasteiger partial charge in [-0.25, -0.2) is 9.78 Å². The zero-order valence-electron chi connectivity index (χ0n) is 14.4. The summed E-state index contributed by atoms with van der Waals surface area (Å²) in [6.45, 7) is -0.102. The van der Waals surface area contributed by atoms with Crippen LogP contribution in [0.3, 0.4) is 0 Å². The average Bonchev–Trinajstić information content (AvgIpc) is 2.71. The van der Waals surface area contributed by atoms with E-state index in [1.807, 2.05) is 36.4 Å². The zero-order valence-corrected chi connectivity index (χ0v) is 14.4. The second kappa shape index (κ2) is 8.57. The van der Waals surface area contributed by atoms with Gasteiger partial charge >= 0.3 is 6.09 Å². The average molecular weight is 363 g/mol. The number of benzene rings is 2. The smallest absolute Gasteiger partial charge is 0.412 e. The number of hydrogen-bond donors (Lipinski definition) is 1. The second-order valence-corrected chi connectivity index (χ2v) is 5.63. The molecule has 1 amide bonds. The molecule has 3 rings (SSSR count). The van der Waals surface area contributed by atoms with Crippen molar-refractivity contribution in [3.63, 3.8) is 0 Å². The molecule has 3 aromatic rings. The van der Waals surface area contributed by atoms with Crippen LogP contribution >= 0.6 is 0 Å². The first-order valence-electron chi connectivity index (χ1n) is 8.25. The van der Waals surface area contributed by atoms with Gasteiger partial charge in [0.1, 0.15) is 24.4 Å². The number of anilines is 1. The molecule has 0 aliphatic rings. The lowest BCUT2D eigenvalue weighted by Gasteiger charge is -2.12. The Labute approximate surface area is 155 Å². The van der Waals surface area contributed by atoms with E-state index in [0.29, 0.717) is 17.7 Å². The number of hydrogen-bond acceptors (Lipinski definition) is 5. The molecule has 0 aliphatic heterocycles. The number of carbonyl (C=O) groups excluding carboxylic acids is 2. The van der Waals surface area contributed by atoms with Crippen LogP contribution in [0.15, 0.2) is 71.7 Å². The molecule has 1 aromatic heterocycles. The molecule has 2 aromatic carbocycles. The highest BCUT2D eigenvalue weighted by Gasteiger charge is 2.14. The van der Waals surface area contributed by atoms with E-state index in [9.17, 15) is 14.4 Å². The Morgan fingerprint density at radius 2 is 1.74 bits per heavy atom. The van der Waals surface area contributed by atoms with Crippen LogP contribution in [0.4, 0.5) is 10.5 Å². The van der Waals surface area contributed by atoms with Gasteiger partial charge in [-0.1, -0.05) is 60.7 Å². The van der Waals surface area contributed by atoms with Gasteiger partial charge < -0.3 is 9.53 Å². The summed E-state index contributed by atoms with van der Waals surface area (Å²) in [5.74, 6) is 0.343. The molecular weight excluding hydrogens is 346 g/mol. The van der Waals surface area contributed by atoms with Gasteiger partial charge in [-0.2, -0.15) is 0 Å². The van der Waals surface area contributed by atoms with Crippen LogP contribution < -0.4 is 10.9 Å². The van der Waals surface area contributed by atoms with Gasteiger partial charge in [0.2, 0.25) is 0 Å². The molecule has 0 saturated heterocycles. The number of nitrogens with zero attached hydrogens (tertiary/aromatic N) is 2. The van der Waals surface area contributed by atoms with Crippen molar-refractivity contribution in [3.05, 3.63) is 82.8 Å². The van der Waals surface area contributed by atoms with Crippen molar-refractivity contribution < 1.29 is 14.3 Å². The van der Waals surface area contributed by atoms with Crippen molar-refractivity contribution in [2.75, 3.05) is 5.32 Å². The fourth-order valence-electron chi connectivity index (χ4n) is 2.51. The van der Waals surface area contributed by atoms with E-state index in [0.717, 1.165) is 5.56 Å². The Morgan fingerprint density at radius 1 is 1.07 bits per heavy atom. The fourth-order valence-corrected chi connectivity index (χ4v) is 2.51. The van der Waals surface area contributed by atoms with Gasteiger partial charge in [0.05, 0.1) is 12.7 Å². The summed E-state index contributed by atoms with van der Waals surface area (Å²) in [6, 6.07) is 18.2. The van der Waals surface area contributed by atoms with Crippen LogP contribution in [0, 0.1) is 0 Å². The summed E-state index contributed by atoms with van der Waals surface area (Å²) >= 11 is 0. The predicted molar refractivity (Wildman–Crippen MR) is 100 cm³/mol. The number of rotatable bonds is 6. The lowest BCUT2D eigenvalue weighted by molar-refractivity contribution is -0.108. The lowest BCUT2D eigenvalue weighted by atomic mass is 10.2. The topological polar surface area (TPSA) is 90.3 Å². The normalized spacial score (nSPS) is 10.2. The standard InChI is InChI=1S/C20H17N3O4/c24-12-11-23-18(16-9-5-2-6-10-16)21-13-17(19(23)25)22-20(26)27-14-15-7-3-1-4-8-15/h1-10,12-13H,11,14H2,(H,22,26). The molecule has 136 valence electrons. The highest BCUT2D eigenvalue weighted by molar-refractivity contribution is 5.84. The number of carbonyl (C=O) groups is 2. The largest absolute Gasteiger partial charge is 0.444 e. The van der Waals surface area contributed by atoms with Crippen molar-refractivity contribution >= 4 is 18.1 Å². The van der Waals surface area contributed by atoms with E-state index in [1.54, 1.807) is 24.3 Å².